The van der Waals surface area contributed by atoms with Crippen LogP contribution >= 0.6 is 0 Å². The second-order valence-electron chi connectivity index (χ2n) is 5.20. The summed E-state index contributed by atoms with van der Waals surface area (Å²) in [7, 11) is 0. The highest BCUT2D eigenvalue weighted by atomic mass is 16.5. The first-order valence-corrected chi connectivity index (χ1v) is 7.63. The van der Waals surface area contributed by atoms with Gasteiger partial charge in [-0.1, -0.05) is 30.3 Å². The fourth-order valence-corrected chi connectivity index (χ4v) is 2.20. The average molecular weight is 319 g/mol. The molecule has 0 bridgehead atoms. The van der Waals surface area contributed by atoms with Gasteiger partial charge in [0.1, 0.15) is 5.75 Å². The van der Waals surface area contributed by atoms with Crippen molar-refractivity contribution in [2.75, 3.05) is 0 Å². The summed E-state index contributed by atoms with van der Waals surface area (Å²) in [5, 5.41) is 2.89. The average Bonchev–Trinajstić information content (AvgIpc) is 2.63. The lowest BCUT2D eigenvalue weighted by molar-refractivity contribution is -0.120. The molecule has 2 aromatic heterocycles. The molecule has 3 rings (SSSR count). The minimum Gasteiger partial charge on any atom is -0.439 e. The van der Waals surface area contributed by atoms with Crippen molar-refractivity contribution in [2.45, 2.75) is 13.0 Å². The summed E-state index contributed by atoms with van der Waals surface area (Å²) >= 11 is 0. The quantitative estimate of drug-likeness (QED) is 0.758. The maximum absolute atomic E-state index is 12.1. The molecule has 0 saturated carbocycles. The predicted octanol–water partition coefficient (Wildman–Crippen LogP) is 3.13. The first-order chi connectivity index (χ1) is 11.8. The number of amides is 1. The van der Waals surface area contributed by atoms with Gasteiger partial charge in [0.2, 0.25) is 11.8 Å². The highest BCUT2D eigenvalue weighted by Crippen LogP contribution is 2.22. The molecule has 0 spiro atoms. The Morgan fingerprint density at radius 1 is 1.00 bits per heavy atom. The van der Waals surface area contributed by atoms with Crippen LogP contribution < -0.4 is 10.1 Å². The van der Waals surface area contributed by atoms with Crippen LogP contribution in [0.3, 0.4) is 0 Å². The fourth-order valence-electron chi connectivity index (χ4n) is 2.20. The van der Waals surface area contributed by atoms with E-state index in [1.165, 1.54) is 0 Å². The van der Waals surface area contributed by atoms with Crippen molar-refractivity contribution in [2.24, 2.45) is 0 Å². The van der Waals surface area contributed by atoms with E-state index in [0.717, 1.165) is 11.1 Å². The first-order valence-electron chi connectivity index (χ1n) is 7.63. The van der Waals surface area contributed by atoms with E-state index in [1.807, 2.05) is 54.6 Å². The van der Waals surface area contributed by atoms with Crippen LogP contribution in [0.1, 0.15) is 11.1 Å². The maximum Gasteiger partial charge on any atom is 0.224 e. The van der Waals surface area contributed by atoms with Gasteiger partial charge in [-0.05, 0) is 29.8 Å². The van der Waals surface area contributed by atoms with Crippen LogP contribution in [0.25, 0.3) is 0 Å². The van der Waals surface area contributed by atoms with Gasteiger partial charge in [0.25, 0.3) is 0 Å². The molecule has 5 nitrogen and oxygen atoms in total. The molecule has 0 atom stereocenters. The fraction of sp³-hybridized carbons (Fsp3) is 0.105. The number of nitrogens with one attached hydrogen (secondary N) is 1. The summed E-state index contributed by atoms with van der Waals surface area (Å²) in [6.45, 7) is 0.356. The number of aromatic nitrogens is 2. The van der Waals surface area contributed by atoms with E-state index in [1.54, 1.807) is 18.6 Å². The van der Waals surface area contributed by atoms with E-state index < -0.39 is 0 Å². The molecule has 1 N–H and O–H groups in total. The summed E-state index contributed by atoms with van der Waals surface area (Å²) < 4.78 is 5.79. The normalized spacial score (nSPS) is 10.2. The summed E-state index contributed by atoms with van der Waals surface area (Å²) in [6, 6.07) is 16.8. The van der Waals surface area contributed by atoms with Crippen molar-refractivity contribution in [3.8, 4) is 11.6 Å². The molecule has 0 aliphatic carbocycles. The highest BCUT2D eigenvalue weighted by molar-refractivity contribution is 5.78. The Bertz CT molecular complexity index is 792. The lowest BCUT2D eigenvalue weighted by atomic mass is 10.2. The minimum atomic E-state index is -0.0717. The number of pyridine rings is 2. The third kappa shape index (κ3) is 4.39. The van der Waals surface area contributed by atoms with Gasteiger partial charge in [0.05, 0.1) is 6.42 Å². The molecule has 1 amide bonds. The Morgan fingerprint density at radius 2 is 1.83 bits per heavy atom. The van der Waals surface area contributed by atoms with Crippen LogP contribution in [0.5, 0.6) is 11.6 Å². The standard InChI is InChI=1S/C19H17N3O2/c23-18(12-15-6-4-10-20-13-15)22-14-16-7-5-11-21-19(16)24-17-8-2-1-3-9-17/h1-11,13H,12,14H2,(H,22,23). The van der Waals surface area contributed by atoms with E-state index >= 15 is 0 Å². The maximum atomic E-state index is 12.1. The highest BCUT2D eigenvalue weighted by Gasteiger charge is 2.08. The van der Waals surface area contributed by atoms with Gasteiger partial charge in [-0.15, -0.1) is 0 Å². The van der Waals surface area contributed by atoms with Crippen molar-refractivity contribution in [1.82, 2.24) is 15.3 Å². The van der Waals surface area contributed by atoms with Gasteiger partial charge < -0.3 is 10.1 Å². The van der Waals surface area contributed by atoms with Crippen molar-refractivity contribution in [1.29, 1.82) is 0 Å². The zero-order valence-corrected chi connectivity index (χ0v) is 13.1. The molecule has 0 aliphatic heterocycles. The third-order valence-electron chi connectivity index (χ3n) is 3.37. The molecule has 24 heavy (non-hydrogen) atoms. The van der Waals surface area contributed by atoms with E-state index in [-0.39, 0.29) is 5.91 Å². The second-order valence-corrected chi connectivity index (χ2v) is 5.20. The van der Waals surface area contributed by atoms with Crippen molar-refractivity contribution < 1.29 is 9.53 Å². The van der Waals surface area contributed by atoms with Crippen molar-refractivity contribution in [3.63, 3.8) is 0 Å². The monoisotopic (exact) mass is 319 g/mol. The molecule has 0 unspecified atom stereocenters. The Balaban J connectivity index is 1.62. The van der Waals surface area contributed by atoms with Crippen LogP contribution in [0.15, 0.2) is 73.2 Å². The third-order valence-corrected chi connectivity index (χ3v) is 3.37. The molecule has 0 saturated heterocycles. The first kappa shape index (κ1) is 15.7. The lowest BCUT2D eigenvalue weighted by Gasteiger charge is -2.10. The zero-order chi connectivity index (χ0) is 16.6. The van der Waals surface area contributed by atoms with Gasteiger partial charge in [-0.25, -0.2) is 4.98 Å². The summed E-state index contributed by atoms with van der Waals surface area (Å²) in [5.41, 5.74) is 1.70. The number of para-hydroxylation sites is 1. The largest absolute Gasteiger partial charge is 0.439 e. The molecular formula is C19H17N3O2. The van der Waals surface area contributed by atoms with Crippen molar-refractivity contribution >= 4 is 5.91 Å². The number of rotatable bonds is 6. The van der Waals surface area contributed by atoms with E-state index in [4.69, 9.17) is 4.74 Å². The lowest BCUT2D eigenvalue weighted by Crippen LogP contribution is -2.24. The van der Waals surface area contributed by atoms with Gasteiger partial charge in [-0.2, -0.15) is 0 Å². The Kier molecular flexibility index (Phi) is 5.14. The van der Waals surface area contributed by atoms with E-state index in [0.29, 0.717) is 24.6 Å². The summed E-state index contributed by atoms with van der Waals surface area (Å²) in [4.78, 5) is 20.3. The van der Waals surface area contributed by atoms with Crippen LogP contribution in [0.2, 0.25) is 0 Å². The number of carbonyl (C=O) groups is 1. The van der Waals surface area contributed by atoms with E-state index in [2.05, 4.69) is 15.3 Å². The van der Waals surface area contributed by atoms with Crippen LogP contribution in [-0.4, -0.2) is 15.9 Å². The van der Waals surface area contributed by atoms with Gasteiger partial charge in [0, 0.05) is 30.7 Å². The van der Waals surface area contributed by atoms with Gasteiger partial charge in [-0.3, -0.25) is 9.78 Å². The Labute approximate surface area is 140 Å². The molecule has 0 aliphatic rings. The molecule has 5 heteroatoms. The molecule has 0 radical (unpaired) electrons. The molecule has 120 valence electrons. The topological polar surface area (TPSA) is 64.1 Å². The Morgan fingerprint density at radius 3 is 2.62 bits per heavy atom. The molecule has 1 aromatic carbocycles. The number of benzene rings is 1. The number of nitrogens with zero attached hydrogens (tertiary/aromatic N) is 2. The van der Waals surface area contributed by atoms with Crippen LogP contribution in [0.4, 0.5) is 0 Å². The van der Waals surface area contributed by atoms with Crippen LogP contribution in [-0.2, 0) is 17.8 Å². The van der Waals surface area contributed by atoms with Gasteiger partial charge >= 0.3 is 0 Å². The summed E-state index contributed by atoms with van der Waals surface area (Å²) in [6.07, 6.45) is 5.33. The molecule has 0 fully saturated rings. The molecular weight excluding hydrogens is 302 g/mol. The van der Waals surface area contributed by atoms with Crippen LogP contribution in [0, 0.1) is 0 Å². The molecule has 3 aromatic rings. The SMILES string of the molecule is O=C(Cc1cccnc1)NCc1cccnc1Oc1ccccc1. The van der Waals surface area contributed by atoms with E-state index in [9.17, 15) is 4.79 Å². The molecule has 2 heterocycles. The summed E-state index contributed by atoms with van der Waals surface area (Å²) in [5.74, 6) is 1.13. The minimum absolute atomic E-state index is 0.0717. The zero-order valence-electron chi connectivity index (χ0n) is 13.1. The Hall–Kier alpha value is -3.21. The second kappa shape index (κ2) is 7.87. The van der Waals surface area contributed by atoms with Gasteiger partial charge in [0.15, 0.2) is 0 Å². The number of hydrogen-bond acceptors (Lipinski definition) is 4. The number of ether oxygens (including phenoxy) is 1. The van der Waals surface area contributed by atoms with Crippen molar-refractivity contribution in [3.05, 3.63) is 84.3 Å². The smallest absolute Gasteiger partial charge is 0.224 e. The number of hydrogen-bond donors (Lipinski definition) is 1. The predicted molar refractivity (Wildman–Crippen MR) is 90.5 cm³/mol. The number of carbonyl (C=O) groups excluding carboxylic acids is 1.